The zero-order valence-corrected chi connectivity index (χ0v) is 27.9. The number of unbranched alkanes of at least 4 members (excludes halogenated alkanes) is 5. The first-order chi connectivity index (χ1) is 19.8. The molecule has 7 nitrogen and oxygen atoms in total. The number of hydrogen-bond acceptors (Lipinski definition) is 7. The fraction of sp³-hybridized carbons (Fsp3) is 0.697. The molecule has 2 aromatic rings. The zero-order valence-electron chi connectivity index (χ0n) is 26.3. The predicted molar refractivity (Wildman–Crippen MR) is 167 cm³/mol. The van der Waals surface area contributed by atoms with Crippen LogP contribution in [-0.4, -0.2) is 73.4 Å². The van der Waals surface area contributed by atoms with Gasteiger partial charge in [-0.3, -0.25) is 4.79 Å². The predicted octanol–water partition coefficient (Wildman–Crippen LogP) is 6.41. The minimum absolute atomic E-state index is 0.175. The van der Waals surface area contributed by atoms with Gasteiger partial charge in [0.05, 0.1) is 32.3 Å². The number of rotatable bonds is 14. The highest BCUT2D eigenvalue weighted by Crippen LogP contribution is 2.51. The molecule has 0 radical (unpaired) electrons. The second-order valence-corrected chi connectivity index (χ2v) is 15.7. The van der Waals surface area contributed by atoms with Gasteiger partial charge in [0.2, 0.25) is 0 Å². The third-order valence-corrected chi connectivity index (χ3v) is 11.0. The van der Waals surface area contributed by atoms with Gasteiger partial charge in [-0.2, -0.15) is 0 Å². The molecule has 2 bridgehead atoms. The summed E-state index contributed by atoms with van der Waals surface area (Å²) in [5, 5.41) is 17.8. The van der Waals surface area contributed by atoms with Crippen LogP contribution in [0.1, 0.15) is 88.3 Å². The van der Waals surface area contributed by atoms with Crippen molar-refractivity contribution in [3.63, 3.8) is 0 Å². The lowest BCUT2D eigenvalue weighted by Gasteiger charge is -2.40. The van der Waals surface area contributed by atoms with Gasteiger partial charge in [0.1, 0.15) is 11.7 Å². The summed E-state index contributed by atoms with van der Waals surface area (Å²) in [6, 6.07) is 7.63. The standard InChI is InChI=1S/C33H50N2O5S2/c1-32(2,3)40-31(37)34(4)19-11-9-7-8-10-12-20-35(5,6)29-24-17-18-25(29)26(23-24)39-30(36)33(38,27-15-13-21-41-27)28-16-14-22-42-28/h13-16,21-22,24-26,29H,7-12,17-20,23H2,1-6H3/t24?,25-,26+,29?/m1/s1. The molecule has 0 N–H and O–H groups in total. The summed E-state index contributed by atoms with van der Waals surface area (Å²) >= 11 is 2.65. The van der Waals surface area contributed by atoms with E-state index in [1.165, 1.54) is 54.8 Å². The third-order valence-electron chi connectivity index (χ3n) is 9.08. The Morgan fingerprint density at radius 1 is 0.976 bits per heavy atom. The first kappa shape index (κ1) is 33.0. The highest BCUT2D eigenvalue weighted by molar-refractivity contribution is 7.12. The third kappa shape index (κ3) is 7.76. The lowest BCUT2D eigenvalue weighted by atomic mass is 9.96. The highest BCUT2D eigenvalue weighted by atomic mass is 32.1. The van der Waals surface area contributed by atoms with E-state index in [4.69, 9.17) is 9.47 Å². The van der Waals surface area contributed by atoms with Gasteiger partial charge in [0.15, 0.2) is 0 Å². The van der Waals surface area contributed by atoms with Crippen LogP contribution in [0.3, 0.4) is 0 Å². The van der Waals surface area contributed by atoms with E-state index >= 15 is 0 Å². The van der Waals surface area contributed by atoms with Crippen molar-refractivity contribution in [1.29, 1.82) is 0 Å². The number of thiophene rings is 2. The number of amides is 1. The second kappa shape index (κ2) is 13.8. The van der Waals surface area contributed by atoms with Crippen LogP contribution >= 0.6 is 22.7 Å². The van der Waals surface area contributed by atoms with E-state index in [1.807, 2.05) is 43.7 Å². The van der Waals surface area contributed by atoms with Crippen molar-refractivity contribution >= 4 is 34.7 Å². The maximum absolute atomic E-state index is 14.1. The van der Waals surface area contributed by atoms with E-state index in [0.29, 0.717) is 27.6 Å². The van der Waals surface area contributed by atoms with Gasteiger partial charge in [-0.15, -0.1) is 22.7 Å². The molecule has 9 heteroatoms. The molecule has 2 heterocycles. The molecular weight excluding hydrogens is 569 g/mol. The quantitative estimate of drug-likeness (QED) is 0.139. The Morgan fingerprint density at radius 2 is 1.57 bits per heavy atom. The highest BCUT2D eigenvalue weighted by Gasteiger charge is 2.57. The molecule has 2 aliphatic rings. The maximum atomic E-state index is 14.1. The number of nitrogens with zero attached hydrogens (tertiary/aromatic N) is 2. The number of ether oxygens (including phenoxy) is 2. The summed E-state index contributed by atoms with van der Waals surface area (Å²) in [6.07, 6.45) is 9.54. The van der Waals surface area contributed by atoms with Crippen molar-refractivity contribution < 1.29 is 28.7 Å². The smallest absolute Gasteiger partial charge is 0.410 e. The second-order valence-electron chi connectivity index (χ2n) is 13.8. The van der Waals surface area contributed by atoms with Gasteiger partial charge in [0, 0.05) is 35.2 Å². The van der Waals surface area contributed by atoms with Crippen LogP contribution in [0.5, 0.6) is 0 Å². The van der Waals surface area contributed by atoms with Crippen molar-refractivity contribution in [2.75, 3.05) is 34.2 Å². The fourth-order valence-electron chi connectivity index (χ4n) is 7.11. The molecule has 1 amide bonds. The Hall–Kier alpha value is -1.94. The van der Waals surface area contributed by atoms with E-state index < -0.39 is 17.2 Å². The molecule has 234 valence electrons. The van der Waals surface area contributed by atoms with Gasteiger partial charge in [-0.1, -0.05) is 31.4 Å². The molecule has 0 aliphatic heterocycles. The molecule has 4 rings (SSSR count). The number of esters is 1. The van der Waals surface area contributed by atoms with Crippen LogP contribution in [0.25, 0.3) is 0 Å². The Labute approximate surface area is 260 Å². The zero-order chi connectivity index (χ0) is 30.5. The average Bonchev–Trinajstić information content (AvgIpc) is 3.73. The maximum Gasteiger partial charge on any atom is 0.410 e. The van der Waals surface area contributed by atoms with Crippen molar-refractivity contribution in [2.45, 2.75) is 102 Å². The van der Waals surface area contributed by atoms with E-state index in [1.54, 1.807) is 24.1 Å². The molecule has 0 aromatic carbocycles. The monoisotopic (exact) mass is 618 g/mol. The first-order valence-electron chi connectivity index (χ1n) is 15.6. The summed E-state index contributed by atoms with van der Waals surface area (Å²) in [4.78, 5) is 28.3. The van der Waals surface area contributed by atoms with Crippen LogP contribution in [0.4, 0.5) is 4.79 Å². The summed E-state index contributed by atoms with van der Waals surface area (Å²) in [7, 11) is 6.48. The largest absolute Gasteiger partial charge is 0.833 e. The molecule has 0 saturated heterocycles. The molecule has 2 saturated carbocycles. The molecule has 2 aromatic heterocycles. The molecule has 0 spiro atoms. The Balaban J connectivity index is 1.21. The van der Waals surface area contributed by atoms with Crippen molar-refractivity contribution in [1.82, 2.24) is 4.90 Å². The Bertz CT molecular complexity index is 1110. The van der Waals surface area contributed by atoms with Crippen LogP contribution < -0.4 is 5.11 Å². The van der Waals surface area contributed by atoms with Crippen LogP contribution in [0.15, 0.2) is 35.0 Å². The minimum atomic E-state index is -1.99. The van der Waals surface area contributed by atoms with Gasteiger partial charge >= 0.3 is 12.1 Å². The molecule has 2 aliphatic carbocycles. The lowest BCUT2D eigenvalue weighted by Crippen LogP contribution is -2.53. The van der Waals surface area contributed by atoms with Gasteiger partial charge in [0.25, 0.3) is 0 Å². The molecule has 4 atom stereocenters. The van der Waals surface area contributed by atoms with Crippen LogP contribution in [0, 0.1) is 11.8 Å². The molecule has 2 fully saturated rings. The minimum Gasteiger partial charge on any atom is -0.833 e. The van der Waals surface area contributed by atoms with Crippen LogP contribution in [0.2, 0.25) is 0 Å². The fourth-order valence-corrected chi connectivity index (χ4v) is 8.82. The SMILES string of the molecule is CN(CCCCCCCC[N+](C)(C)C1C2CC[C@@H]1[C@@H](OC(=O)C([O-])(c1cccs1)c1cccs1)C2)C(=O)OC(C)(C)C. The van der Waals surface area contributed by atoms with E-state index in [0.717, 1.165) is 43.3 Å². The number of quaternary nitrogens is 1. The van der Waals surface area contributed by atoms with Crippen molar-refractivity contribution in [3.8, 4) is 0 Å². The van der Waals surface area contributed by atoms with Crippen molar-refractivity contribution in [2.24, 2.45) is 11.8 Å². The summed E-state index contributed by atoms with van der Waals surface area (Å²) in [5.41, 5.74) is -2.45. The number of carbonyl (C=O) groups is 2. The number of fused-ring (bicyclic) bond motifs is 2. The summed E-state index contributed by atoms with van der Waals surface area (Å²) in [6.45, 7) is 7.50. The van der Waals surface area contributed by atoms with Crippen LogP contribution in [-0.2, 0) is 19.9 Å². The number of carbonyl (C=O) groups excluding carboxylic acids is 2. The topological polar surface area (TPSA) is 78.9 Å². The Kier molecular flexibility index (Phi) is 10.8. The van der Waals surface area contributed by atoms with Gasteiger partial charge in [-0.05, 0) is 82.2 Å². The lowest BCUT2D eigenvalue weighted by molar-refractivity contribution is -0.919. The average molecular weight is 619 g/mol. The molecular formula is C33H50N2O5S2. The Morgan fingerprint density at radius 3 is 2.14 bits per heavy atom. The van der Waals surface area contributed by atoms with Crippen molar-refractivity contribution in [3.05, 3.63) is 44.8 Å². The summed E-state index contributed by atoms with van der Waals surface area (Å²) < 4.78 is 12.5. The molecule has 2 unspecified atom stereocenters. The van der Waals surface area contributed by atoms with Gasteiger partial charge < -0.3 is 24.0 Å². The number of hydrogen-bond donors (Lipinski definition) is 0. The van der Waals surface area contributed by atoms with Gasteiger partial charge in [-0.25, -0.2) is 4.79 Å². The normalized spacial score (nSPS) is 22.4. The van der Waals surface area contributed by atoms with E-state index in [2.05, 4.69) is 14.1 Å². The molecule has 42 heavy (non-hydrogen) atoms. The van der Waals surface area contributed by atoms with E-state index in [9.17, 15) is 14.7 Å². The summed E-state index contributed by atoms with van der Waals surface area (Å²) in [5.74, 6) is 0.201. The first-order valence-corrected chi connectivity index (χ1v) is 17.3. The van der Waals surface area contributed by atoms with E-state index in [-0.39, 0.29) is 12.2 Å².